The third-order valence-corrected chi connectivity index (χ3v) is 3.72. The van der Waals surface area contributed by atoms with Crippen molar-refractivity contribution < 1.29 is 9.21 Å². The highest BCUT2D eigenvalue weighted by Crippen LogP contribution is 2.13. The van der Waals surface area contributed by atoms with Gasteiger partial charge in [-0.15, -0.1) is 0 Å². The minimum absolute atomic E-state index is 0.108. The Morgan fingerprint density at radius 1 is 1.26 bits per heavy atom. The number of aryl methyl sites for hydroxylation is 1. The van der Waals surface area contributed by atoms with Gasteiger partial charge in [-0.05, 0) is 36.8 Å². The van der Waals surface area contributed by atoms with Gasteiger partial charge in [0.25, 0.3) is 0 Å². The lowest BCUT2D eigenvalue weighted by molar-refractivity contribution is -0.121. The molecule has 2 aromatic heterocycles. The van der Waals surface area contributed by atoms with E-state index in [-0.39, 0.29) is 24.9 Å². The highest BCUT2D eigenvalue weighted by Gasteiger charge is 2.12. The number of benzene rings is 1. The molecular formula is C17H17N3O3. The zero-order chi connectivity index (χ0) is 16.2. The van der Waals surface area contributed by atoms with Gasteiger partial charge in [0, 0.05) is 25.4 Å². The van der Waals surface area contributed by atoms with Crippen molar-refractivity contribution in [2.24, 2.45) is 0 Å². The molecule has 0 aliphatic rings. The topological polar surface area (TPSA) is 77.1 Å². The summed E-state index contributed by atoms with van der Waals surface area (Å²) < 4.78 is 6.63. The molecule has 23 heavy (non-hydrogen) atoms. The number of amides is 1. The first-order chi connectivity index (χ1) is 11.1. The fourth-order valence-electron chi connectivity index (χ4n) is 2.49. The van der Waals surface area contributed by atoms with Crippen molar-refractivity contribution in [2.45, 2.75) is 25.9 Å². The molecule has 2 heterocycles. The van der Waals surface area contributed by atoms with Gasteiger partial charge in [-0.2, -0.15) is 0 Å². The van der Waals surface area contributed by atoms with E-state index in [0.29, 0.717) is 11.1 Å². The molecule has 0 bridgehead atoms. The minimum atomic E-state index is -0.443. The van der Waals surface area contributed by atoms with Crippen molar-refractivity contribution in [3.63, 3.8) is 0 Å². The van der Waals surface area contributed by atoms with E-state index < -0.39 is 5.76 Å². The standard InChI is InChI=1S/C17H17N3O3/c1-12(13-6-9-18-10-7-13)19-16(21)8-11-20-14-4-2-3-5-15(14)23-17(20)22/h2-7,9-10,12H,8,11H2,1H3,(H,19,21). The van der Waals surface area contributed by atoms with Crippen LogP contribution in [0.3, 0.4) is 0 Å². The normalized spacial score (nSPS) is 12.2. The van der Waals surface area contributed by atoms with Crippen molar-refractivity contribution in [3.8, 4) is 0 Å². The van der Waals surface area contributed by atoms with E-state index in [4.69, 9.17) is 4.42 Å². The first kappa shape index (κ1) is 15.0. The third kappa shape index (κ3) is 3.31. The van der Waals surface area contributed by atoms with E-state index in [1.165, 1.54) is 4.57 Å². The molecule has 1 aromatic carbocycles. The number of carbonyl (C=O) groups is 1. The van der Waals surface area contributed by atoms with Gasteiger partial charge in [0.05, 0.1) is 11.6 Å². The van der Waals surface area contributed by atoms with Crippen LogP contribution in [0.2, 0.25) is 0 Å². The third-order valence-electron chi connectivity index (χ3n) is 3.72. The first-order valence-corrected chi connectivity index (χ1v) is 7.43. The fourth-order valence-corrected chi connectivity index (χ4v) is 2.49. The molecule has 3 aromatic rings. The number of oxazole rings is 1. The summed E-state index contributed by atoms with van der Waals surface area (Å²) in [6, 6.07) is 10.8. The van der Waals surface area contributed by atoms with Crippen LogP contribution in [0.4, 0.5) is 0 Å². The molecule has 1 amide bonds. The molecular weight excluding hydrogens is 294 g/mol. The second kappa shape index (κ2) is 6.48. The Morgan fingerprint density at radius 2 is 2.00 bits per heavy atom. The van der Waals surface area contributed by atoms with Crippen molar-refractivity contribution >= 4 is 17.0 Å². The molecule has 0 spiro atoms. The Balaban J connectivity index is 1.65. The number of hydrogen-bond donors (Lipinski definition) is 1. The van der Waals surface area contributed by atoms with Crippen LogP contribution >= 0.6 is 0 Å². The van der Waals surface area contributed by atoms with Crippen molar-refractivity contribution in [3.05, 3.63) is 64.9 Å². The Morgan fingerprint density at radius 3 is 2.78 bits per heavy atom. The molecule has 6 nitrogen and oxygen atoms in total. The average molecular weight is 311 g/mol. The van der Waals surface area contributed by atoms with Gasteiger partial charge in [-0.3, -0.25) is 14.3 Å². The zero-order valence-electron chi connectivity index (χ0n) is 12.7. The van der Waals surface area contributed by atoms with Crippen molar-refractivity contribution in [1.29, 1.82) is 0 Å². The van der Waals surface area contributed by atoms with Crippen molar-refractivity contribution in [2.75, 3.05) is 0 Å². The number of hydrogen-bond acceptors (Lipinski definition) is 4. The summed E-state index contributed by atoms with van der Waals surface area (Å²) in [5.74, 6) is -0.562. The smallest absolute Gasteiger partial charge is 0.408 e. The van der Waals surface area contributed by atoms with E-state index in [1.54, 1.807) is 30.6 Å². The molecule has 0 saturated carbocycles. The zero-order valence-corrected chi connectivity index (χ0v) is 12.7. The number of pyridine rings is 1. The van der Waals surface area contributed by atoms with Gasteiger partial charge in [0.15, 0.2) is 5.58 Å². The summed E-state index contributed by atoms with van der Waals surface area (Å²) >= 11 is 0. The lowest BCUT2D eigenvalue weighted by Gasteiger charge is -2.14. The van der Waals surface area contributed by atoms with Crippen LogP contribution in [0.1, 0.15) is 24.9 Å². The molecule has 0 aliphatic heterocycles. The first-order valence-electron chi connectivity index (χ1n) is 7.43. The van der Waals surface area contributed by atoms with E-state index in [9.17, 15) is 9.59 Å². The van der Waals surface area contributed by atoms with Crippen LogP contribution in [-0.4, -0.2) is 15.5 Å². The maximum absolute atomic E-state index is 12.1. The van der Waals surface area contributed by atoms with E-state index >= 15 is 0 Å². The second-order valence-electron chi connectivity index (χ2n) is 5.31. The number of aromatic nitrogens is 2. The van der Waals surface area contributed by atoms with Crippen LogP contribution in [-0.2, 0) is 11.3 Å². The van der Waals surface area contributed by atoms with Gasteiger partial charge in [-0.1, -0.05) is 12.1 Å². The van der Waals surface area contributed by atoms with Gasteiger partial charge >= 0.3 is 5.76 Å². The summed E-state index contributed by atoms with van der Waals surface area (Å²) in [5.41, 5.74) is 2.22. The lowest BCUT2D eigenvalue weighted by Crippen LogP contribution is -2.28. The highest BCUT2D eigenvalue weighted by atomic mass is 16.4. The van der Waals surface area contributed by atoms with Gasteiger partial charge < -0.3 is 9.73 Å². The van der Waals surface area contributed by atoms with E-state index in [0.717, 1.165) is 5.56 Å². The molecule has 3 rings (SSSR count). The predicted molar refractivity (Wildman–Crippen MR) is 85.9 cm³/mol. The maximum atomic E-state index is 12.1. The number of fused-ring (bicyclic) bond motifs is 1. The molecule has 0 radical (unpaired) electrons. The average Bonchev–Trinajstić information content (AvgIpc) is 2.89. The van der Waals surface area contributed by atoms with Gasteiger partial charge in [0.2, 0.25) is 5.91 Å². The van der Waals surface area contributed by atoms with Crippen molar-refractivity contribution in [1.82, 2.24) is 14.9 Å². The van der Waals surface area contributed by atoms with Gasteiger partial charge in [-0.25, -0.2) is 4.79 Å². The maximum Gasteiger partial charge on any atom is 0.419 e. The molecule has 1 unspecified atom stereocenters. The predicted octanol–water partition coefficient (Wildman–Crippen LogP) is 2.26. The molecule has 0 aliphatic carbocycles. The van der Waals surface area contributed by atoms with Crippen LogP contribution < -0.4 is 11.1 Å². The number of para-hydroxylation sites is 2. The Kier molecular flexibility index (Phi) is 4.23. The Bertz CT molecular complexity index is 867. The quantitative estimate of drug-likeness (QED) is 0.784. The summed E-state index contributed by atoms with van der Waals surface area (Å²) in [6.07, 6.45) is 3.59. The number of rotatable bonds is 5. The molecule has 6 heteroatoms. The monoisotopic (exact) mass is 311 g/mol. The molecule has 1 N–H and O–H groups in total. The minimum Gasteiger partial charge on any atom is -0.408 e. The Labute approximate surface area is 132 Å². The summed E-state index contributed by atoms with van der Waals surface area (Å²) in [4.78, 5) is 27.9. The van der Waals surface area contributed by atoms with Gasteiger partial charge in [0.1, 0.15) is 0 Å². The largest absolute Gasteiger partial charge is 0.419 e. The molecule has 118 valence electrons. The molecule has 0 saturated heterocycles. The summed E-state index contributed by atoms with van der Waals surface area (Å²) in [7, 11) is 0. The second-order valence-corrected chi connectivity index (χ2v) is 5.31. The van der Waals surface area contributed by atoms with E-state index in [2.05, 4.69) is 10.3 Å². The summed E-state index contributed by atoms with van der Waals surface area (Å²) in [5, 5.41) is 2.91. The summed E-state index contributed by atoms with van der Waals surface area (Å²) in [6.45, 7) is 2.19. The fraction of sp³-hybridized carbons (Fsp3) is 0.235. The molecule has 1 atom stereocenters. The van der Waals surface area contributed by atoms with Crippen LogP contribution in [0.5, 0.6) is 0 Å². The van der Waals surface area contributed by atoms with Crippen LogP contribution in [0.15, 0.2) is 58.0 Å². The Hall–Kier alpha value is -2.89. The SMILES string of the molecule is CC(NC(=O)CCn1c(=O)oc2ccccc21)c1ccncc1. The van der Waals surface area contributed by atoms with E-state index in [1.807, 2.05) is 25.1 Å². The number of nitrogens with zero attached hydrogens (tertiary/aromatic N) is 2. The lowest BCUT2D eigenvalue weighted by atomic mass is 10.1. The van der Waals surface area contributed by atoms with Crippen LogP contribution in [0, 0.1) is 0 Å². The van der Waals surface area contributed by atoms with Crippen LogP contribution in [0.25, 0.3) is 11.1 Å². The number of carbonyl (C=O) groups excluding carboxylic acids is 1. The number of nitrogens with one attached hydrogen (secondary N) is 1. The molecule has 0 fully saturated rings. The highest BCUT2D eigenvalue weighted by molar-refractivity contribution is 5.77.